The van der Waals surface area contributed by atoms with E-state index in [1.165, 1.54) is 0 Å². The predicted octanol–water partition coefficient (Wildman–Crippen LogP) is 6.88. The Balaban J connectivity index is 1.07. The van der Waals surface area contributed by atoms with Gasteiger partial charge in [-0.15, -0.1) is 0 Å². The third kappa shape index (κ3) is 13.5. The molecule has 2 aromatic heterocycles. The molecular weight excluding hydrogens is 1040 g/mol. The van der Waals surface area contributed by atoms with Crippen LogP contribution >= 0.6 is 0 Å². The highest BCUT2D eigenvalue weighted by molar-refractivity contribution is 5.87. The van der Waals surface area contributed by atoms with Crippen LogP contribution in [0.25, 0.3) is 22.4 Å². The van der Waals surface area contributed by atoms with Crippen LogP contribution in [0.1, 0.15) is 78.0 Å². The number of piperazine rings is 1. The molecule has 4 fully saturated rings. The molecule has 6 atom stereocenters. The quantitative estimate of drug-likeness (QED) is 0.0453. The third-order valence-electron chi connectivity index (χ3n) is 14.8. The maximum Gasteiger partial charge on any atom is 0.408 e. The minimum Gasteiger partial charge on any atom is -0.453 e. The number of benzene rings is 2. The number of halogens is 7. The number of amides is 4. The molecule has 18 nitrogen and oxygen atoms in total. The van der Waals surface area contributed by atoms with Crippen molar-refractivity contribution in [3.63, 3.8) is 0 Å². The van der Waals surface area contributed by atoms with Gasteiger partial charge in [0.1, 0.15) is 35.6 Å². The second kappa shape index (κ2) is 23.4. The summed E-state index contributed by atoms with van der Waals surface area (Å²) in [7, 11) is 0.890. The predicted molar refractivity (Wildman–Crippen MR) is 269 cm³/mol. The number of nitrogens with zero attached hydrogens (tertiary/aromatic N) is 6. The number of rotatable bonds is 20. The number of nitrogens with one attached hydrogen (secondary N) is 4. The van der Waals surface area contributed by atoms with E-state index in [0.717, 1.165) is 92.6 Å². The maximum atomic E-state index is 16.1. The number of pyridine rings is 1. The largest absolute Gasteiger partial charge is 0.453 e. The zero-order valence-electron chi connectivity index (χ0n) is 44.0. The van der Waals surface area contributed by atoms with E-state index in [1.807, 2.05) is 17.4 Å². The van der Waals surface area contributed by atoms with Crippen LogP contribution in [0, 0.1) is 22.5 Å². The average molecular weight is 1100 g/mol. The van der Waals surface area contributed by atoms with E-state index in [0.29, 0.717) is 50.4 Å². The Kier molecular flexibility index (Phi) is 17.3. The average Bonchev–Trinajstić information content (AvgIpc) is 4.02. The Morgan fingerprint density at radius 3 is 1.96 bits per heavy atom. The van der Waals surface area contributed by atoms with E-state index in [9.17, 15) is 46.2 Å². The fraction of sp³-hybridized carbons (Fsp3) is 0.547. The monoisotopic (exact) mass is 1100 g/mol. The summed E-state index contributed by atoms with van der Waals surface area (Å²) in [6.07, 6.45) is -3.79. The van der Waals surface area contributed by atoms with Gasteiger partial charge >= 0.3 is 24.9 Å². The molecule has 4 aliphatic rings. The standard InChI is InChI=1S/C53H65F7N10O8/c1-51(2,3)44(63-50(75)78-36-14-15-36)47(73)66-68(25-37-38(54)20-32(21-39(37)55)40-17-18-69(65-40)48(56)57)26-42(71)41(62-46(72)45(64-49(74)76-6)52(4,5)53(58,59)60)19-29-7-9-30(10-8-29)31-11-16-43(61-22-31)67-23-33-12-13-34(24-67)70(33)35-27-77-28-35/h7-11,16-18,20-22,33-36,41-42,44-45,48,71H,12-15,19,23-28H2,1-6H3,(H,62,72)(H,63,75)(H,64,74)(H,66,73)/t33?,34?,41-,42-,44+,45?/m0/s1. The fourth-order valence-corrected chi connectivity index (χ4v) is 9.99. The Labute approximate surface area is 446 Å². The summed E-state index contributed by atoms with van der Waals surface area (Å²) in [4.78, 5) is 63.5. The van der Waals surface area contributed by atoms with Gasteiger partial charge in [0, 0.05) is 67.3 Å². The number of hydrogen-bond acceptors (Lipinski definition) is 13. The zero-order chi connectivity index (χ0) is 56.4. The first kappa shape index (κ1) is 57.6. The molecule has 3 aliphatic heterocycles. The Morgan fingerprint density at radius 1 is 0.808 bits per heavy atom. The van der Waals surface area contributed by atoms with E-state index < -0.39 is 102 Å². The van der Waals surface area contributed by atoms with Gasteiger partial charge in [-0.1, -0.05) is 45.0 Å². The molecular formula is C53H65F7N10O8. The highest BCUT2D eigenvalue weighted by Gasteiger charge is 2.56. The second-order valence-corrected chi connectivity index (χ2v) is 22.0. The van der Waals surface area contributed by atoms with Gasteiger partial charge in [-0.25, -0.2) is 33.0 Å². The lowest BCUT2D eigenvalue weighted by Gasteiger charge is -2.48. The molecule has 1 aliphatic carbocycles. The van der Waals surface area contributed by atoms with Crippen LogP contribution < -0.4 is 26.3 Å². The lowest BCUT2D eigenvalue weighted by atomic mass is 9.82. The first-order valence-electron chi connectivity index (χ1n) is 25.7. The van der Waals surface area contributed by atoms with E-state index in [4.69, 9.17) is 14.5 Å². The Morgan fingerprint density at radius 2 is 1.44 bits per heavy atom. The van der Waals surface area contributed by atoms with Crippen molar-refractivity contribution in [2.75, 3.05) is 44.9 Å². The number of aliphatic hydroxyl groups excluding tert-OH is 1. The minimum absolute atomic E-state index is 0.196. The molecule has 2 aromatic carbocycles. The number of alkyl halides is 5. The minimum atomic E-state index is -5.08. The highest BCUT2D eigenvalue weighted by atomic mass is 19.4. The third-order valence-corrected chi connectivity index (χ3v) is 14.8. The number of ether oxygens (including phenoxy) is 3. The van der Waals surface area contributed by atoms with E-state index in [-0.39, 0.29) is 28.5 Å². The van der Waals surface area contributed by atoms with Crippen molar-refractivity contribution in [1.29, 1.82) is 0 Å². The molecule has 5 heterocycles. The van der Waals surface area contributed by atoms with Crippen LogP contribution in [0.3, 0.4) is 0 Å². The molecule has 0 radical (unpaired) electrons. The van der Waals surface area contributed by atoms with Crippen molar-refractivity contribution >= 4 is 29.8 Å². The maximum absolute atomic E-state index is 16.1. The number of anilines is 1. The first-order chi connectivity index (χ1) is 36.8. The number of hydrazine groups is 1. The van der Waals surface area contributed by atoms with E-state index >= 15 is 8.78 Å². The SMILES string of the molecule is COC(=O)NC(C(=O)N[C@@H](Cc1ccc(-c2ccc(N3CC4CCC(C3)N4C3COC3)nc2)cc1)[C@@H](O)CN(Cc1c(F)cc(-c2ccn(C(F)F)n2)cc1F)NC(=O)[C@@H](NC(=O)OC1CC1)C(C)(C)C)C(C)(C)C(F)(F)F. The fourth-order valence-electron chi connectivity index (χ4n) is 9.99. The topological polar surface area (TPSA) is 205 Å². The molecule has 4 aromatic rings. The number of carbonyl (C=O) groups is 4. The number of aliphatic hydroxyl groups is 1. The molecule has 1 saturated carbocycles. The summed E-state index contributed by atoms with van der Waals surface area (Å²) in [5.74, 6) is -3.96. The number of hydrogen-bond donors (Lipinski definition) is 5. The molecule has 0 spiro atoms. The van der Waals surface area contributed by atoms with Gasteiger partial charge in [0.2, 0.25) is 5.91 Å². The van der Waals surface area contributed by atoms with Crippen LogP contribution in [0.2, 0.25) is 0 Å². The Hall–Kier alpha value is -6.57. The van der Waals surface area contributed by atoms with Crippen molar-refractivity contribution < 1.29 is 69.2 Å². The van der Waals surface area contributed by atoms with Gasteiger partial charge in [0.15, 0.2) is 0 Å². The molecule has 2 bridgehead atoms. The summed E-state index contributed by atoms with van der Waals surface area (Å²) in [6, 6.07) is 9.51. The molecule has 78 heavy (non-hydrogen) atoms. The first-order valence-corrected chi connectivity index (χ1v) is 25.7. The molecule has 424 valence electrons. The zero-order valence-corrected chi connectivity index (χ0v) is 44.0. The number of methoxy groups -OCH3 is 1. The number of aromatic nitrogens is 3. The summed E-state index contributed by atoms with van der Waals surface area (Å²) < 4.78 is 118. The molecule has 25 heteroatoms. The van der Waals surface area contributed by atoms with Crippen LogP contribution in [-0.4, -0.2) is 148 Å². The molecule has 3 unspecified atom stereocenters. The summed E-state index contributed by atoms with van der Waals surface area (Å²) in [6.45, 7) is 4.73. The van der Waals surface area contributed by atoms with Crippen molar-refractivity contribution in [3.8, 4) is 22.4 Å². The molecule has 5 N–H and O–H groups in total. The van der Waals surface area contributed by atoms with E-state index in [2.05, 4.69) is 35.7 Å². The van der Waals surface area contributed by atoms with Crippen LogP contribution in [-0.2, 0) is 36.8 Å². The molecule has 4 amide bonds. The van der Waals surface area contributed by atoms with Crippen LogP contribution in [0.15, 0.2) is 67.0 Å². The summed E-state index contributed by atoms with van der Waals surface area (Å²) >= 11 is 0. The molecule has 8 rings (SSSR count). The number of fused-ring (bicyclic) bond motifs is 2. The van der Waals surface area contributed by atoms with Crippen molar-refractivity contribution in [1.82, 2.24) is 46.0 Å². The summed E-state index contributed by atoms with van der Waals surface area (Å²) in [5.41, 5.74) is -0.626. The van der Waals surface area contributed by atoms with Gasteiger partial charge < -0.3 is 40.2 Å². The smallest absolute Gasteiger partial charge is 0.408 e. The molecule has 3 saturated heterocycles. The van der Waals surface area contributed by atoms with Crippen LogP contribution in [0.4, 0.5) is 46.1 Å². The van der Waals surface area contributed by atoms with E-state index in [1.54, 1.807) is 51.2 Å². The number of alkyl carbamates (subject to hydrolysis) is 2. The van der Waals surface area contributed by atoms with Gasteiger partial charge in [0.05, 0.1) is 49.6 Å². The number of carbonyl (C=O) groups excluding carboxylic acids is 4. The highest BCUT2D eigenvalue weighted by Crippen LogP contribution is 2.41. The Bertz CT molecular complexity index is 2730. The lowest BCUT2D eigenvalue weighted by Crippen LogP contribution is -2.63. The lowest BCUT2D eigenvalue weighted by molar-refractivity contribution is -0.220. The van der Waals surface area contributed by atoms with Crippen molar-refractivity contribution in [3.05, 3.63) is 89.8 Å². The van der Waals surface area contributed by atoms with Crippen molar-refractivity contribution in [2.24, 2.45) is 10.8 Å². The van der Waals surface area contributed by atoms with Gasteiger partial charge in [-0.2, -0.15) is 27.1 Å². The van der Waals surface area contributed by atoms with Gasteiger partial charge in [0.25, 0.3) is 5.91 Å². The van der Waals surface area contributed by atoms with Crippen molar-refractivity contribution in [2.45, 2.75) is 134 Å². The second-order valence-electron chi connectivity index (χ2n) is 22.0. The van der Waals surface area contributed by atoms with Gasteiger partial charge in [-0.05, 0) is 92.8 Å². The normalized spacial score (nSPS) is 19.7. The van der Waals surface area contributed by atoms with Crippen LogP contribution in [0.5, 0.6) is 0 Å². The summed E-state index contributed by atoms with van der Waals surface area (Å²) in [5, 5.41) is 23.7. The van der Waals surface area contributed by atoms with Gasteiger partial charge in [-0.3, -0.25) is 19.9 Å².